The van der Waals surface area contributed by atoms with Gasteiger partial charge in [0.2, 0.25) is 5.91 Å². The smallest absolute Gasteiger partial charge is 0.238 e. The monoisotopic (exact) mass is 242 g/mol. The summed E-state index contributed by atoms with van der Waals surface area (Å²) in [5.74, 6) is 0.0254. The van der Waals surface area contributed by atoms with Crippen molar-refractivity contribution in [2.24, 2.45) is 0 Å². The fraction of sp³-hybridized carbons (Fsp3) is 0.417. The Morgan fingerprint density at radius 1 is 1.12 bits per heavy atom. The molecule has 1 aromatic carbocycles. The maximum absolute atomic E-state index is 11.6. The van der Waals surface area contributed by atoms with Crippen LogP contribution in [0.3, 0.4) is 0 Å². The Morgan fingerprint density at radius 2 is 1.56 bits per heavy atom. The van der Waals surface area contributed by atoms with Crippen molar-refractivity contribution >= 4 is 24.0 Å². The van der Waals surface area contributed by atoms with E-state index < -0.39 is 0 Å². The number of carbonyl (C=O) groups is 1. The molecular formula is C12H19ClN2O. The molecule has 0 heterocycles. The minimum atomic E-state index is 0. The van der Waals surface area contributed by atoms with E-state index in [-0.39, 0.29) is 18.3 Å². The van der Waals surface area contributed by atoms with Crippen molar-refractivity contribution in [2.75, 3.05) is 19.1 Å². The molecule has 0 N–H and O–H groups in total. The van der Waals surface area contributed by atoms with E-state index in [1.54, 1.807) is 16.9 Å². The van der Waals surface area contributed by atoms with Crippen LogP contribution in [0, 0.1) is 13.8 Å². The molecule has 4 heteroatoms. The molecule has 1 aromatic rings. The number of benzene rings is 1. The Labute approximate surface area is 103 Å². The maximum Gasteiger partial charge on any atom is 0.238 e. The summed E-state index contributed by atoms with van der Waals surface area (Å²) in [6.07, 6.45) is 0. The molecule has 3 nitrogen and oxygen atoms in total. The van der Waals surface area contributed by atoms with Gasteiger partial charge in [-0.15, -0.1) is 12.4 Å². The second-order valence-electron chi connectivity index (χ2n) is 3.92. The molecule has 0 aromatic heterocycles. The van der Waals surface area contributed by atoms with Gasteiger partial charge in [-0.3, -0.25) is 4.79 Å². The lowest BCUT2D eigenvalue weighted by Crippen LogP contribution is -2.41. The standard InChI is InChI=1S/C12H18N2O.ClH/c1-9-7-6-8-10(2)12(9)14(11(3)15)13(4)5;/h6-8H,1-5H3;1H. The van der Waals surface area contributed by atoms with E-state index in [0.29, 0.717) is 0 Å². The van der Waals surface area contributed by atoms with Crippen molar-refractivity contribution in [1.29, 1.82) is 0 Å². The molecule has 90 valence electrons. The molecule has 0 saturated carbocycles. The van der Waals surface area contributed by atoms with E-state index in [9.17, 15) is 4.79 Å². The molecule has 0 saturated heterocycles. The lowest BCUT2D eigenvalue weighted by atomic mass is 10.1. The van der Waals surface area contributed by atoms with Crippen molar-refractivity contribution in [3.8, 4) is 0 Å². The molecule has 16 heavy (non-hydrogen) atoms. The summed E-state index contributed by atoms with van der Waals surface area (Å²) in [5.41, 5.74) is 3.20. The van der Waals surface area contributed by atoms with Crippen LogP contribution in [0.4, 0.5) is 5.69 Å². The molecule has 0 bridgehead atoms. The van der Waals surface area contributed by atoms with E-state index in [0.717, 1.165) is 16.8 Å². The van der Waals surface area contributed by atoms with Crippen LogP contribution in [0.1, 0.15) is 18.1 Å². The average Bonchev–Trinajstić information content (AvgIpc) is 2.09. The second kappa shape index (κ2) is 5.87. The Morgan fingerprint density at radius 3 is 1.88 bits per heavy atom. The van der Waals surface area contributed by atoms with E-state index in [1.807, 2.05) is 46.1 Å². The molecule has 1 rings (SSSR count). The largest absolute Gasteiger partial charge is 0.273 e. The number of hydrogen-bond acceptors (Lipinski definition) is 2. The number of carbonyl (C=O) groups excluding carboxylic acids is 1. The molecule has 0 aliphatic heterocycles. The summed E-state index contributed by atoms with van der Waals surface area (Å²) >= 11 is 0. The van der Waals surface area contributed by atoms with Crippen LogP contribution in [0.2, 0.25) is 0 Å². The summed E-state index contributed by atoms with van der Waals surface area (Å²) in [6.45, 7) is 5.61. The highest BCUT2D eigenvalue weighted by Gasteiger charge is 2.17. The van der Waals surface area contributed by atoms with E-state index in [4.69, 9.17) is 0 Å². The SMILES string of the molecule is CC(=O)N(c1c(C)cccc1C)N(C)C.Cl. The third kappa shape index (κ3) is 2.97. The maximum atomic E-state index is 11.6. The van der Waals surface area contributed by atoms with Gasteiger partial charge in [0, 0.05) is 21.0 Å². The lowest BCUT2D eigenvalue weighted by molar-refractivity contribution is -0.118. The van der Waals surface area contributed by atoms with E-state index in [2.05, 4.69) is 0 Å². The van der Waals surface area contributed by atoms with Gasteiger partial charge in [0.15, 0.2) is 0 Å². The highest BCUT2D eigenvalue weighted by molar-refractivity contribution is 5.92. The molecule has 1 amide bonds. The van der Waals surface area contributed by atoms with Crippen molar-refractivity contribution in [1.82, 2.24) is 5.01 Å². The van der Waals surface area contributed by atoms with Gasteiger partial charge >= 0.3 is 0 Å². The molecule has 0 fully saturated rings. The van der Waals surface area contributed by atoms with Crippen molar-refractivity contribution in [2.45, 2.75) is 20.8 Å². The van der Waals surface area contributed by atoms with Crippen molar-refractivity contribution in [3.63, 3.8) is 0 Å². The third-order valence-corrected chi connectivity index (χ3v) is 2.35. The first-order valence-corrected chi connectivity index (χ1v) is 4.99. The Bertz CT molecular complexity index is 357. The number of hydrazine groups is 1. The first-order chi connectivity index (χ1) is 6.95. The molecule has 0 radical (unpaired) electrons. The predicted molar refractivity (Wildman–Crippen MR) is 70.0 cm³/mol. The van der Waals surface area contributed by atoms with Crippen LogP contribution >= 0.6 is 12.4 Å². The molecule has 0 unspecified atom stereocenters. The van der Waals surface area contributed by atoms with Gasteiger partial charge in [0.25, 0.3) is 0 Å². The summed E-state index contributed by atoms with van der Waals surface area (Å²) in [7, 11) is 3.74. The number of nitrogens with zero attached hydrogens (tertiary/aromatic N) is 2. The van der Waals surface area contributed by atoms with Crippen LogP contribution in [-0.4, -0.2) is 25.0 Å². The van der Waals surface area contributed by atoms with Crippen LogP contribution < -0.4 is 5.01 Å². The average molecular weight is 243 g/mol. The summed E-state index contributed by atoms with van der Waals surface area (Å²) < 4.78 is 0. The first-order valence-electron chi connectivity index (χ1n) is 4.99. The van der Waals surface area contributed by atoms with E-state index in [1.165, 1.54) is 0 Å². The number of rotatable bonds is 2. The third-order valence-electron chi connectivity index (χ3n) is 2.35. The van der Waals surface area contributed by atoms with Crippen molar-refractivity contribution < 1.29 is 4.79 Å². The Kier molecular flexibility index (Phi) is 5.48. The highest BCUT2D eigenvalue weighted by Crippen LogP contribution is 2.25. The van der Waals surface area contributed by atoms with Gasteiger partial charge in [0.05, 0.1) is 5.69 Å². The summed E-state index contributed by atoms with van der Waals surface area (Å²) in [6, 6.07) is 6.03. The number of para-hydroxylation sites is 1. The quantitative estimate of drug-likeness (QED) is 0.745. The minimum Gasteiger partial charge on any atom is -0.273 e. The molecule has 0 atom stereocenters. The van der Waals surface area contributed by atoms with Gasteiger partial charge in [-0.05, 0) is 25.0 Å². The normalized spacial score (nSPS) is 9.88. The van der Waals surface area contributed by atoms with Crippen LogP contribution in [0.15, 0.2) is 18.2 Å². The highest BCUT2D eigenvalue weighted by atomic mass is 35.5. The Hall–Kier alpha value is -1.06. The number of hydrogen-bond donors (Lipinski definition) is 0. The summed E-state index contributed by atoms with van der Waals surface area (Å²) in [5, 5.41) is 3.49. The number of anilines is 1. The predicted octanol–water partition coefficient (Wildman–Crippen LogP) is 2.55. The number of amides is 1. The number of halogens is 1. The van der Waals surface area contributed by atoms with Gasteiger partial charge < -0.3 is 0 Å². The topological polar surface area (TPSA) is 23.6 Å². The van der Waals surface area contributed by atoms with Gasteiger partial charge in [-0.1, -0.05) is 18.2 Å². The fourth-order valence-electron chi connectivity index (χ4n) is 1.78. The van der Waals surface area contributed by atoms with Gasteiger partial charge in [0.1, 0.15) is 0 Å². The zero-order chi connectivity index (χ0) is 11.6. The Balaban J connectivity index is 0.00000225. The molecule has 0 spiro atoms. The van der Waals surface area contributed by atoms with Crippen LogP contribution in [0.5, 0.6) is 0 Å². The van der Waals surface area contributed by atoms with Gasteiger partial charge in [-0.25, -0.2) is 10.0 Å². The zero-order valence-electron chi connectivity index (χ0n) is 10.4. The number of aryl methyl sites for hydroxylation is 2. The van der Waals surface area contributed by atoms with Gasteiger partial charge in [-0.2, -0.15) is 0 Å². The molecule has 0 aliphatic rings. The molecule has 0 aliphatic carbocycles. The fourth-order valence-corrected chi connectivity index (χ4v) is 1.78. The van der Waals surface area contributed by atoms with Crippen LogP contribution in [-0.2, 0) is 4.79 Å². The lowest BCUT2D eigenvalue weighted by Gasteiger charge is -2.30. The van der Waals surface area contributed by atoms with Crippen molar-refractivity contribution in [3.05, 3.63) is 29.3 Å². The van der Waals surface area contributed by atoms with Crippen LogP contribution in [0.25, 0.3) is 0 Å². The minimum absolute atomic E-state index is 0. The first kappa shape index (κ1) is 14.9. The second-order valence-corrected chi connectivity index (χ2v) is 3.92. The zero-order valence-corrected chi connectivity index (χ0v) is 11.3. The summed E-state index contributed by atoms with van der Waals surface area (Å²) in [4.78, 5) is 11.6. The van der Waals surface area contributed by atoms with E-state index >= 15 is 0 Å². The molecular weight excluding hydrogens is 224 g/mol.